The number of hydrogen-bond donors (Lipinski definition) is 2. The van der Waals surface area contributed by atoms with Crippen LogP contribution in [0.25, 0.3) is 10.9 Å². The Morgan fingerprint density at radius 1 is 1.20 bits per heavy atom. The van der Waals surface area contributed by atoms with Gasteiger partial charge < -0.3 is 15.8 Å². The lowest BCUT2D eigenvalue weighted by molar-refractivity contribution is -0.118. The van der Waals surface area contributed by atoms with Gasteiger partial charge in [-0.2, -0.15) is 0 Å². The van der Waals surface area contributed by atoms with Crippen LogP contribution in [-0.4, -0.2) is 22.6 Å². The normalized spacial score (nSPS) is 10.6. The number of nitrogens with two attached hydrogens (primary N) is 1. The number of ether oxygens (including phenoxy) is 1. The molecule has 1 aromatic heterocycles. The van der Waals surface area contributed by atoms with Crippen molar-refractivity contribution in [2.24, 2.45) is 5.73 Å². The van der Waals surface area contributed by atoms with E-state index in [0.29, 0.717) is 22.5 Å². The van der Waals surface area contributed by atoms with Gasteiger partial charge in [0.25, 0.3) is 5.56 Å². The molecule has 0 spiro atoms. The lowest BCUT2D eigenvalue weighted by Gasteiger charge is -2.15. The van der Waals surface area contributed by atoms with Crippen molar-refractivity contribution >= 4 is 22.5 Å². The lowest BCUT2D eigenvalue weighted by atomic mass is 10.2. The van der Waals surface area contributed by atoms with E-state index < -0.39 is 5.91 Å². The van der Waals surface area contributed by atoms with Crippen LogP contribution in [-0.2, 0) is 17.9 Å². The Kier molecular flexibility index (Phi) is 4.65. The maximum absolute atomic E-state index is 12.7. The van der Waals surface area contributed by atoms with Gasteiger partial charge in [-0.15, -0.1) is 0 Å². The third-order valence-corrected chi connectivity index (χ3v) is 3.80. The molecule has 0 aliphatic heterocycles. The number of para-hydroxylation sites is 3. The van der Waals surface area contributed by atoms with Crippen molar-refractivity contribution in [3.8, 4) is 5.75 Å². The second-order valence-electron chi connectivity index (χ2n) is 5.46. The van der Waals surface area contributed by atoms with Crippen molar-refractivity contribution < 1.29 is 9.53 Å². The van der Waals surface area contributed by atoms with Gasteiger partial charge in [-0.25, -0.2) is 4.98 Å². The topological polar surface area (TPSA) is 99.2 Å². The molecule has 0 aliphatic carbocycles. The average molecular weight is 338 g/mol. The number of amides is 1. The zero-order chi connectivity index (χ0) is 17.8. The van der Waals surface area contributed by atoms with Crippen molar-refractivity contribution in [2.75, 3.05) is 12.4 Å². The highest BCUT2D eigenvalue weighted by Crippen LogP contribution is 2.23. The van der Waals surface area contributed by atoms with Crippen molar-refractivity contribution in [1.29, 1.82) is 0 Å². The molecule has 7 nitrogen and oxygen atoms in total. The Morgan fingerprint density at radius 2 is 1.92 bits per heavy atom. The van der Waals surface area contributed by atoms with Crippen molar-refractivity contribution in [2.45, 2.75) is 13.1 Å². The molecule has 128 valence electrons. The van der Waals surface area contributed by atoms with Gasteiger partial charge in [-0.1, -0.05) is 24.3 Å². The van der Waals surface area contributed by atoms with E-state index in [4.69, 9.17) is 10.5 Å². The van der Waals surface area contributed by atoms with E-state index in [2.05, 4.69) is 10.3 Å². The number of benzene rings is 2. The number of anilines is 1. The molecule has 0 saturated heterocycles. The highest BCUT2D eigenvalue weighted by molar-refractivity contribution is 5.78. The third kappa shape index (κ3) is 3.45. The van der Waals surface area contributed by atoms with Crippen LogP contribution >= 0.6 is 0 Å². The Bertz CT molecular complexity index is 981. The summed E-state index contributed by atoms with van der Waals surface area (Å²) < 4.78 is 6.60. The number of methoxy groups -OCH3 is 1. The second kappa shape index (κ2) is 7.04. The van der Waals surface area contributed by atoms with E-state index in [0.717, 1.165) is 5.69 Å². The summed E-state index contributed by atoms with van der Waals surface area (Å²) in [4.78, 5) is 28.6. The number of carbonyl (C=O) groups is 1. The fraction of sp³-hybridized carbons (Fsp3) is 0.167. The molecule has 3 aromatic rings. The molecule has 0 saturated carbocycles. The molecular formula is C18H18N4O3. The molecule has 3 N–H and O–H groups in total. The number of nitrogens with zero attached hydrogens (tertiary/aromatic N) is 2. The van der Waals surface area contributed by atoms with Crippen molar-refractivity contribution in [3.05, 3.63) is 64.7 Å². The lowest BCUT2D eigenvalue weighted by Crippen LogP contribution is -2.32. The quantitative estimate of drug-likeness (QED) is 0.709. The van der Waals surface area contributed by atoms with Crippen LogP contribution in [0.5, 0.6) is 5.75 Å². The molecule has 0 aliphatic rings. The first-order chi connectivity index (χ1) is 12.1. The number of aromatic nitrogens is 2. The van der Waals surface area contributed by atoms with E-state index in [1.54, 1.807) is 25.3 Å². The maximum atomic E-state index is 12.7. The Labute approximate surface area is 144 Å². The minimum Gasteiger partial charge on any atom is -0.495 e. The molecule has 1 heterocycles. The predicted octanol–water partition coefficient (Wildman–Crippen LogP) is 1.50. The largest absolute Gasteiger partial charge is 0.495 e. The summed E-state index contributed by atoms with van der Waals surface area (Å²) in [6, 6.07) is 14.4. The predicted molar refractivity (Wildman–Crippen MR) is 95.5 cm³/mol. The van der Waals surface area contributed by atoms with E-state index in [1.165, 1.54) is 4.57 Å². The molecule has 25 heavy (non-hydrogen) atoms. The summed E-state index contributed by atoms with van der Waals surface area (Å²) in [7, 11) is 1.58. The summed E-state index contributed by atoms with van der Waals surface area (Å²) in [5.74, 6) is 0.498. The Balaban J connectivity index is 2.02. The van der Waals surface area contributed by atoms with Gasteiger partial charge in [-0.3, -0.25) is 14.2 Å². The summed E-state index contributed by atoms with van der Waals surface area (Å²) in [5.41, 5.74) is 6.34. The number of carbonyl (C=O) groups excluding carboxylic acids is 1. The molecule has 0 bridgehead atoms. The zero-order valence-electron chi connectivity index (χ0n) is 13.7. The first-order valence-corrected chi connectivity index (χ1v) is 7.74. The van der Waals surface area contributed by atoms with Gasteiger partial charge in [0.15, 0.2) is 0 Å². The second-order valence-corrected chi connectivity index (χ2v) is 5.46. The van der Waals surface area contributed by atoms with Gasteiger partial charge in [0.1, 0.15) is 18.1 Å². The highest BCUT2D eigenvalue weighted by Gasteiger charge is 2.13. The minimum absolute atomic E-state index is 0.223. The van der Waals surface area contributed by atoms with Gasteiger partial charge >= 0.3 is 0 Å². The molecule has 7 heteroatoms. The summed E-state index contributed by atoms with van der Waals surface area (Å²) in [6.07, 6.45) is 0. The average Bonchev–Trinajstić information content (AvgIpc) is 2.62. The monoisotopic (exact) mass is 338 g/mol. The van der Waals surface area contributed by atoms with Crippen molar-refractivity contribution in [1.82, 2.24) is 9.55 Å². The molecule has 1 amide bonds. The Hall–Kier alpha value is -3.35. The zero-order valence-corrected chi connectivity index (χ0v) is 13.7. The summed E-state index contributed by atoms with van der Waals surface area (Å²) in [6.45, 7) is 0.0212. The fourth-order valence-corrected chi connectivity index (χ4v) is 2.63. The van der Waals surface area contributed by atoms with Gasteiger partial charge in [0, 0.05) is 0 Å². The minimum atomic E-state index is -0.599. The number of hydrogen-bond acceptors (Lipinski definition) is 5. The van der Waals surface area contributed by atoms with E-state index in [9.17, 15) is 9.59 Å². The van der Waals surface area contributed by atoms with Gasteiger partial charge in [0.2, 0.25) is 5.91 Å². The van der Waals surface area contributed by atoms with Crippen LogP contribution in [0.15, 0.2) is 53.3 Å². The molecule has 2 aromatic carbocycles. The van der Waals surface area contributed by atoms with Gasteiger partial charge in [0.05, 0.1) is 30.2 Å². The summed E-state index contributed by atoms with van der Waals surface area (Å²) >= 11 is 0. The standard InChI is InChI=1S/C18H18N4O3/c1-25-15-9-5-4-8-14(15)20-10-17-21-13-7-3-2-6-12(13)18(24)22(17)11-16(19)23/h2-9,20H,10-11H2,1H3,(H2,19,23). The van der Waals surface area contributed by atoms with Crippen LogP contribution < -0.4 is 21.3 Å². The molecule has 0 unspecified atom stereocenters. The van der Waals surface area contributed by atoms with Crippen LogP contribution in [0.1, 0.15) is 5.82 Å². The number of rotatable bonds is 6. The SMILES string of the molecule is COc1ccccc1NCc1nc2ccccc2c(=O)n1CC(N)=O. The van der Waals surface area contributed by atoms with Crippen LogP contribution in [0, 0.1) is 0 Å². The smallest absolute Gasteiger partial charge is 0.261 e. The third-order valence-electron chi connectivity index (χ3n) is 3.80. The molecule has 0 radical (unpaired) electrons. The van der Waals surface area contributed by atoms with E-state index in [-0.39, 0.29) is 18.6 Å². The van der Waals surface area contributed by atoms with Gasteiger partial charge in [-0.05, 0) is 24.3 Å². The van der Waals surface area contributed by atoms with Crippen LogP contribution in [0.4, 0.5) is 5.69 Å². The maximum Gasteiger partial charge on any atom is 0.261 e. The summed E-state index contributed by atoms with van der Waals surface area (Å²) in [5, 5.41) is 3.64. The fourth-order valence-electron chi connectivity index (χ4n) is 2.63. The number of fused-ring (bicyclic) bond motifs is 1. The molecule has 3 rings (SSSR count). The number of primary amides is 1. The first kappa shape index (κ1) is 16.5. The molecule has 0 atom stereocenters. The van der Waals surface area contributed by atoms with E-state index in [1.807, 2.05) is 30.3 Å². The Morgan fingerprint density at radius 3 is 2.68 bits per heavy atom. The highest BCUT2D eigenvalue weighted by atomic mass is 16.5. The first-order valence-electron chi connectivity index (χ1n) is 7.74. The number of nitrogens with one attached hydrogen (secondary N) is 1. The van der Waals surface area contributed by atoms with Crippen LogP contribution in [0.2, 0.25) is 0 Å². The van der Waals surface area contributed by atoms with Crippen LogP contribution in [0.3, 0.4) is 0 Å². The molecule has 0 fully saturated rings. The van der Waals surface area contributed by atoms with Crippen molar-refractivity contribution in [3.63, 3.8) is 0 Å². The molecular weight excluding hydrogens is 320 g/mol. The van der Waals surface area contributed by atoms with E-state index >= 15 is 0 Å².